The van der Waals surface area contributed by atoms with E-state index in [9.17, 15) is 9.59 Å². The summed E-state index contributed by atoms with van der Waals surface area (Å²) in [6, 6.07) is -0.639. The van der Waals surface area contributed by atoms with Crippen LogP contribution in [0.1, 0.15) is 34.1 Å². The van der Waals surface area contributed by atoms with E-state index >= 15 is 0 Å². The molecule has 0 aliphatic heterocycles. The Balaban J connectivity index is 4.43. The van der Waals surface area contributed by atoms with Crippen LogP contribution < -0.4 is 16.8 Å². The molecule has 2 amide bonds. The van der Waals surface area contributed by atoms with Crippen LogP contribution in [0.5, 0.6) is 0 Å². The normalized spacial score (nSPS) is 13.7. The summed E-state index contributed by atoms with van der Waals surface area (Å²) in [7, 11) is 0. The van der Waals surface area contributed by atoms with Gasteiger partial charge in [0.05, 0.1) is 5.54 Å². The Morgan fingerprint density at radius 3 is 2.07 bits per heavy atom. The third-order valence-electron chi connectivity index (χ3n) is 1.94. The van der Waals surface area contributed by atoms with Crippen molar-refractivity contribution in [2.75, 3.05) is 0 Å². The molecule has 5 N–H and O–H groups in total. The van der Waals surface area contributed by atoms with Crippen LogP contribution in [0.4, 0.5) is 0 Å². The lowest BCUT2D eigenvalue weighted by atomic mass is 10.0. The zero-order valence-electron chi connectivity index (χ0n) is 9.83. The number of rotatable bonds is 5. The van der Waals surface area contributed by atoms with Gasteiger partial charge in [-0.2, -0.15) is 0 Å². The quantitative estimate of drug-likeness (QED) is 0.589. The van der Waals surface area contributed by atoms with Crippen LogP contribution in [0.25, 0.3) is 0 Å². The molecule has 0 aliphatic rings. The van der Waals surface area contributed by atoms with Crippen molar-refractivity contribution in [3.63, 3.8) is 0 Å². The maximum absolute atomic E-state index is 11.5. The van der Waals surface area contributed by atoms with Gasteiger partial charge in [-0.25, -0.2) is 0 Å². The van der Waals surface area contributed by atoms with Crippen LogP contribution in [0.3, 0.4) is 0 Å². The molecule has 1 atom stereocenters. The molecule has 0 rings (SSSR count). The minimum atomic E-state index is -0.995. The third kappa shape index (κ3) is 5.37. The second-order valence-corrected chi connectivity index (χ2v) is 4.78. The standard InChI is InChI=1S/C10H21N3O2/c1-6(2)5-7(8(11)14)13-9(15)10(3,4)12/h6-7H,5,12H2,1-4H3,(H2,11,14)(H,13,15)/t7-/m0/s1. The van der Waals surface area contributed by atoms with Gasteiger partial charge in [0.15, 0.2) is 0 Å². The average Bonchev–Trinajstić information content (AvgIpc) is 1.99. The highest BCUT2D eigenvalue weighted by Crippen LogP contribution is 2.06. The van der Waals surface area contributed by atoms with Crippen molar-refractivity contribution >= 4 is 11.8 Å². The monoisotopic (exact) mass is 215 g/mol. The van der Waals surface area contributed by atoms with Crippen LogP contribution in [0, 0.1) is 5.92 Å². The lowest BCUT2D eigenvalue weighted by Crippen LogP contribution is -2.55. The second kappa shape index (κ2) is 5.11. The van der Waals surface area contributed by atoms with E-state index in [0.29, 0.717) is 6.42 Å². The van der Waals surface area contributed by atoms with E-state index in [-0.39, 0.29) is 11.8 Å². The van der Waals surface area contributed by atoms with Crippen molar-refractivity contribution in [1.29, 1.82) is 0 Å². The molecule has 0 spiro atoms. The number of carbonyl (C=O) groups excluding carboxylic acids is 2. The maximum Gasteiger partial charge on any atom is 0.240 e. The second-order valence-electron chi connectivity index (χ2n) is 4.78. The first-order valence-corrected chi connectivity index (χ1v) is 5.03. The third-order valence-corrected chi connectivity index (χ3v) is 1.94. The van der Waals surface area contributed by atoms with Gasteiger partial charge in [0.1, 0.15) is 6.04 Å². The topological polar surface area (TPSA) is 98.2 Å². The molecular formula is C10H21N3O2. The smallest absolute Gasteiger partial charge is 0.240 e. The first kappa shape index (κ1) is 13.9. The molecule has 0 bridgehead atoms. The highest BCUT2D eigenvalue weighted by Gasteiger charge is 2.27. The number of nitrogens with two attached hydrogens (primary N) is 2. The minimum Gasteiger partial charge on any atom is -0.368 e. The van der Waals surface area contributed by atoms with Gasteiger partial charge in [0, 0.05) is 0 Å². The predicted molar refractivity (Wildman–Crippen MR) is 58.8 cm³/mol. The summed E-state index contributed by atoms with van der Waals surface area (Å²) in [6.07, 6.45) is 0.525. The lowest BCUT2D eigenvalue weighted by molar-refractivity contribution is -0.130. The summed E-state index contributed by atoms with van der Waals surface area (Å²) in [4.78, 5) is 22.6. The molecule has 0 fully saturated rings. The van der Waals surface area contributed by atoms with Gasteiger partial charge in [-0.05, 0) is 26.2 Å². The zero-order valence-corrected chi connectivity index (χ0v) is 9.83. The molecule has 0 aromatic carbocycles. The summed E-state index contributed by atoms with van der Waals surface area (Å²) in [5, 5.41) is 2.55. The van der Waals surface area contributed by atoms with Gasteiger partial charge < -0.3 is 16.8 Å². The fourth-order valence-electron chi connectivity index (χ4n) is 1.06. The van der Waals surface area contributed by atoms with Gasteiger partial charge in [-0.1, -0.05) is 13.8 Å². The molecular weight excluding hydrogens is 194 g/mol. The van der Waals surface area contributed by atoms with E-state index < -0.39 is 17.5 Å². The molecule has 0 aromatic heterocycles. The Morgan fingerprint density at radius 2 is 1.80 bits per heavy atom. The molecule has 88 valence electrons. The van der Waals surface area contributed by atoms with Crippen LogP contribution >= 0.6 is 0 Å². The van der Waals surface area contributed by atoms with Crippen molar-refractivity contribution in [3.05, 3.63) is 0 Å². The van der Waals surface area contributed by atoms with Crippen molar-refractivity contribution in [2.24, 2.45) is 17.4 Å². The first-order valence-electron chi connectivity index (χ1n) is 5.03. The summed E-state index contributed by atoms with van der Waals surface area (Å²) in [6.45, 7) is 7.07. The van der Waals surface area contributed by atoms with Crippen molar-refractivity contribution in [3.8, 4) is 0 Å². The van der Waals surface area contributed by atoms with Gasteiger partial charge in [-0.15, -0.1) is 0 Å². The molecule has 15 heavy (non-hydrogen) atoms. The summed E-state index contributed by atoms with van der Waals surface area (Å²) < 4.78 is 0. The van der Waals surface area contributed by atoms with Crippen LogP contribution in [-0.2, 0) is 9.59 Å². The molecule has 0 heterocycles. The molecule has 5 heteroatoms. The zero-order chi connectivity index (χ0) is 12.2. The van der Waals surface area contributed by atoms with Crippen molar-refractivity contribution < 1.29 is 9.59 Å². The Hall–Kier alpha value is -1.10. The Labute approximate surface area is 90.6 Å². The van der Waals surface area contributed by atoms with Crippen LogP contribution in [0.15, 0.2) is 0 Å². The minimum absolute atomic E-state index is 0.281. The summed E-state index contributed by atoms with van der Waals surface area (Å²) >= 11 is 0. The Morgan fingerprint density at radius 1 is 1.33 bits per heavy atom. The summed E-state index contributed by atoms with van der Waals surface area (Å²) in [5.41, 5.74) is 9.78. The van der Waals surface area contributed by atoms with Gasteiger partial charge >= 0.3 is 0 Å². The molecule has 0 aromatic rings. The highest BCUT2D eigenvalue weighted by atomic mass is 16.2. The number of nitrogens with one attached hydrogen (secondary N) is 1. The van der Waals surface area contributed by atoms with Crippen LogP contribution in [-0.4, -0.2) is 23.4 Å². The molecule has 0 saturated heterocycles. The predicted octanol–water partition coefficient (Wildman–Crippen LogP) is -0.260. The van der Waals surface area contributed by atoms with E-state index in [4.69, 9.17) is 11.5 Å². The molecule has 5 nitrogen and oxygen atoms in total. The van der Waals surface area contributed by atoms with Gasteiger partial charge in [-0.3, -0.25) is 9.59 Å². The number of hydrogen-bond donors (Lipinski definition) is 3. The maximum atomic E-state index is 11.5. The van der Waals surface area contributed by atoms with E-state index in [1.807, 2.05) is 13.8 Å². The van der Waals surface area contributed by atoms with Crippen molar-refractivity contribution in [1.82, 2.24) is 5.32 Å². The lowest BCUT2D eigenvalue weighted by Gasteiger charge is -2.23. The largest absolute Gasteiger partial charge is 0.368 e. The van der Waals surface area contributed by atoms with Crippen molar-refractivity contribution in [2.45, 2.75) is 45.7 Å². The molecule has 0 unspecified atom stereocenters. The van der Waals surface area contributed by atoms with Crippen LogP contribution in [0.2, 0.25) is 0 Å². The van der Waals surface area contributed by atoms with E-state index in [0.717, 1.165) is 0 Å². The van der Waals surface area contributed by atoms with Gasteiger partial charge in [0.25, 0.3) is 0 Å². The number of hydrogen-bond acceptors (Lipinski definition) is 3. The van der Waals surface area contributed by atoms with E-state index in [1.54, 1.807) is 13.8 Å². The number of primary amides is 1. The molecule has 0 radical (unpaired) electrons. The molecule has 0 saturated carbocycles. The number of amides is 2. The first-order chi connectivity index (χ1) is 6.64. The molecule has 0 aliphatic carbocycles. The van der Waals surface area contributed by atoms with Gasteiger partial charge in [0.2, 0.25) is 11.8 Å². The number of carbonyl (C=O) groups is 2. The highest BCUT2D eigenvalue weighted by molar-refractivity contribution is 5.90. The van der Waals surface area contributed by atoms with E-state index in [2.05, 4.69) is 5.32 Å². The average molecular weight is 215 g/mol. The Kier molecular flexibility index (Phi) is 4.74. The fourth-order valence-corrected chi connectivity index (χ4v) is 1.06. The van der Waals surface area contributed by atoms with E-state index in [1.165, 1.54) is 0 Å². The SMILES string of the molecule is CC(C)C[C@H](NC(=O)C(C)(C)N)C(N)=O. The summed E-state index contributed by atoms with van der Waals surface area (Å²) in [5.74, 6) is -0.614. The fraction of sp³-hybridized carbons (Fsp3) is 0.800. The Bertz CT molecular complexity index is 244.